The van der Waals surface area contributed by atoms with Gasteiger partial charge in [0.25, 0.3) is 11.5 Å². The minimum atomic E-state index is -0.780. The van der Waals surface area contributed by atoms with E-state index >= 15 is 0 Å². The maximum Gasteiger partial charge on any atom is 0.261 e. The monoisotopic (exact) mass is 497 g/mol. The summed E-state index contributed by atoms with van der Waals surface area (Å²) in [7, 11) is 0. The molecule has 5 N–H and O–H groups in total. The predicted molar refractivity (Wildman–Crippen MR) is 140 cm³/mol. The highest BCUT2D eigenvalue weighted by Crippen LogP contribution is 2.26. The second-order valence-electron chi connectivity index (χ2n) is 8.50. The summed E-state index contributed by atoms with van der Waals surface area (Å²) in [6.45, 7) is 0.328. The SMILES string of the molecule is O=C(NCc1cccc(F)c1)c1cccc2[nH]c(-c3c(NC[C@H](O)c4ccccc4)cc[nH]c3=O)nc12. The summed E-state index contributed by atoms with van der Waals surface area (Å²) in [5.41, 5.74) is 3.03. The number of aromatic amines is 2. The Morgan fingerprint density at radius 3 is 2.65 bits per heavy atom. The lowest BCUT2D eigenvalue weighted by molar-refractivity contribution is 0.0952. The van der Waals surface area contributed by atoms with E-state index in [0.717, 1.165) is 5.56 Å². The molecule has 2 aromatic heterocycles. The average Bonchev–Trinajstić information content (AvgIpc) is 3.35. The molecule has 2 heterocycles. The Hall–Kier alpha value is -4.76. The quantitative estimate of drug-likeness (QED) is 0.221. The van der Waals surface area contributed by atoms with Gasteiger partial charge in [-0.15, -0.1) is 0 Å². The number of halogens is 1. The first-order chi connectivity index (χ1) is 18.0. The van der Waals surface area contributed by atoms with Crippen LogP contribution >= 0.6 is 0 Å². The number of nitrogens with zero attached hydrogens (tertiary/aromatic N) is 1. The fourth-order valence-electron chi connectivity index (χ4n) is 4.12. The Kier molecular flexibility index (Phi) is 6.78. The Morgan fingerprint density at radius 2 is 1.84 bits per heavy atom. The zero-order valence-corrected chi connectivity index (χ0v) is 19.7. The van der Waals surface area contributed by atoms with Crippen molar-refractivity contribution < 1.29 is 14.3 Å². The van der Waals surface area contributed by atoms with Crippen molar-refractivity contribution in [1.82, 2.24) is 20.3 Å². The number of pyridine rings is 1. The number of fused-ring (bicyclic) bond motifs is 1. The third-order valence-corrected chi connectivity index (χ3v) is 5.97. The number of rotatable bonds is 8. The van der Waals surface area contributed by atoms with Crippen molar-refractivity contribution in [3.05, 3.63) is 118 Å². The number of hydrogen-bond donors (Lipinski definition) is 5. The molecule has 0 saturated carbocycles. The summed E-state index contributed by atoms with van der Waals surface area (Å²) in [5, 5.41) is 16.5. The highest BCUT2D eigenvalue weighted by molar-refractivity contribution is 6.05. The predicted octanol–water partition coefficient (Wildman–Crippen LogP) is 4.13. The molecule has 0 fully saturated rings. The van der Waals surface area contributed by atoms with E-state index in [2.05, 4.69) is 25.6 Å². The molecule has 0 aliphatic heterocycles. The zero-order valence-electron chi connectivity index (χ0n) is 19.7. The highest BCUT2D eigenvalue weighted by atomic mass is 19.1. The first-order valence-electron chi connectivity index (χ1n) is 11.7. The Bertz CT molecular complexity index is 1610. The van der Waals surface area contributed by atoms with E-state index in [1.54, 1.807) is 36.4 Å². The van der Waals surface area contributed by atoms with Gasteiger partial charge in [-0.25, -0.2) is 9.37 Å². The van der Waals surface area contributed by atoms with Gasteiger partial charge in [0.1, 0.15) is 22.7 Å². The molecular formula is C28H24FN5O3. The van der Waals surface area contributed by atoms with Crippen LogP contribution in [0, 0.1) is 5.82 Å². The molecule has 0 unspecified atom stereocenters. The number of benzene rings is 3. The van der Waals surface area contributed by atoms with E-state index in [0.29, 0.717) is 27.8 Å². The van der Waals surface area contributed by atoms with Crippen LogP contribution in [0.15, 0.2) is 89.9 Å². The minimum absolute atomic E-state index is 0.153. The summed E-state index contributed by atoms with van der Waals surface area (Å²) < 4.78 is 13.5. The van der Waals surface area contributed by atoms with E-state index < -0.39 is 6.10 Å². The van der Waals surface area contributed by atoms with Gasteiger partial charge in [0.15, 0.2) is 0 Å². The van der Waals surface area contributed by atoms with Crippen molar-refractivity contribution in [3.63, 3.8) is 0 Å². The third-order valence-electron chi connectivity index (χ3n) is 5.97. The van der Waals surface area contributed by atoms with Gasteiger partial charge in [-0.1, -0.05) is 48.5 Å². The summed E-state index contributed by atoms with van der Waals surface area (Å²) in [4.78, 5) is 36.1. The van der Waals surface area contributed by atoms with Crippen molar-refractivity contribution in [3.8, 4) is 11.4 Å². The molecule has 8 nitrogen and oxygen atoms in total. The van der Waals surface area contributed by atoms with Crippen molar-refractivity contribution in [2.45, 2.75) is 12.6 Å². The highest BCUT2D eigenvalue weighted by Gasteiger charge is 2.19. The van der Waals surface area contributed by atoms with Crippen LogP contribution in [0.4, 0.5) is 10.1 Å². The summed E-state index contributed by atoms with van der Waals surface area (Å²) in [6.07, 6.45) is 0.731. The molecular weight excluding hydrogens is 473 g/mol. The maximum absolute atomic E-state index is 13.5. The van der Waals surface area contributed by atoms with Gasteiger partial charge in [0.05, 0.1) is 22.9 Å². The smallest absolute Gasteiger partial charge is 0.261 e. The van der Waals surface area contributed by atoms with Gasteiger partial charge < -0.3 is 25.7 Å². The van der Waals surface area contributed by atoms with E-state index in [-0.39, 0.29) is 41.8 Å². The van der Waals surface area contributed by atoms with Crippen molar-refractivity contribution >= 4 is 22.6 Å². The van der Waals surface area contributed by atoms with Crippen molar-refractivity contribution in [2.75, 3.05) is 11.9 Å². The first kappa shape index (κ1) is 24.0. The van der Waals surface area contributed by atoms with Gasteiger partial charge in [-0.2, -0.15) is 0 Å². The average molecular weight is 498 g/mol. The largest absolute Gasteiger partial charge is 0.387 e. The number of H-pyrrole nitrogens is 2. The van der Waals surface area contributed by atoms with Gasteiger partial charge in [0.2, 0.25) is 0 Å². The molecule has 3 aromatic carbocycles. The molecule has 0 saturated heterocycles. The van der Waals surface area contributed by atoms with Crippen molar-refractivity contribution in [2.24, 2.45) is 0 Å². The van der Waals surface area contributed by atoms with Crippen LogP contribution in [0.5, 0.6) is 0 Å². The number of anilines is 1. The lowest BCUT2D eigenvalue weighted by Crippen LogP contribution is -2.23. The van der Waals surface area contributed by atoms with Gasteiger partial charge in [-0.05, 0) is 41.5 Å². The second-order valence-corrected chi connectivity index (χ2v) is 8.50. The van der Waals surface area contributed by atoms with Crippen LogP contribution in [0.2, 0.25) is 0 Å². The number of aliphatic hydroxyl groups excluding tert-OH is 1. The molecule has 9 heteroatoms. The number of hydrogen-bond acceptors (Lipinski definition) is 5. The standard InChI is InChI=1S/C28H24FN5O3/c29-19-9-4-6-17(14-19)15-32-27(36)20-10-5-11-22-25(20)34-26(33-22)24-21(12-13-30-28(24)37)31-16-23(35)18-7-2-1-3-8-18/h1-14,23,35H,15-16H2,(H,32,36)(H,33,34)(H2,30,31,37)/t23-/m0/s1. The van der Waals surface area contributed by atoms with E-state index in [1.807, 2.05) is 30.3 Å². The molecule has 37 heavy (non-hydrogen) atoms. The molecule has 0 spiro atoms. The maximum atomic E-state index is 13.5. The van der Waals surface area contributed by atoms with E-state index in [4.69, 9.17) is 0 Å². The van der Waals surface area contributed by atoms with Crippen LogP contribution in [0.25, 0.3) is 22.4 Å². The molecule has 0 radical (unpaired) electrons. The molecule has 0 aliphatic rings. The summed E-state index contributed by atoms with van der Waals surface area (Å²) in [6, 6.07) is 22.0. The molecule has 1 amide bonds. The topological polar surface area (TPSA) is 123 Å². The molecule has 0 aliphatic carbocycles. The molecule has 186 valence electrons. The Labute approximate surface area is 211 Å². The van der Waals surface area contributed by atoms with E-state index in [1.165, 1.54) is 18.3 Å². The number of amides is 1. The number of carbonyl (C=O) groups excluding carboxylic acids is 1. The Balaban J connectivity index is 1.41. The number of imidazole rings is 1. The molecule has 1 atom stereocenters. The van der Waals surface area contributed by atoms with Crippen LogP contribution in [0.3, 0.4) is 0 Å². The van der Waals surface area contributed by atoms with Crippen LogP contribution in [-0.4, -0.2) is 32.5 Å². The molecule has 5 aromatic rings. The zero-order chi connectivity index (χ0) is 25.8. The number of aromatic nitrogens is 3. The minimum Gasteiger partial charge on any atom is -0.387 e. The fraction of sp³-hybridized carbons (Fsp3) is 0.107. The van der Waals surface area contributed by atoms with Gasteiger partial charge in [0, 0.05) is 19.3 Å². The van der Waals surface area contributed by atoms with Crippen molar-refractivity contribution in [1.29, 1.82) is 0 Å². The van der Waals surface area contributed by atoms with Crippen LogP contribution in [0.1, 0.15) is 27.6 Å². The third kappa shape index (κ3) is 5.26. The number of aliphatic hydroxyl groups is 1. The lowest BCUT2D eigenvalue weighted by atomic mass is 10.1. The summed E-state index contributed by atoms with van der Waals surface area (Å²) in [5.74, 6) is -0.474. The Morgan fingerprint density at radius 1 is 1.03 bits per heavy atom. The lowest BCUT2D eigenvalue weighted by Gasteiger charge is -2.14. The molecule has 0 bridgehead atoms. The number of carbonyl (C=O) groups is 1. The normalized spacial score (nSPS) is 11.8. The second kappa shape index (κ2) is 10.5. The number of nitrogens with one attached hydrogen (secondary N) is 4. The summed E-state index contributed by atoms with van der Waals surface area (Å²) >= 11 is 0. The number of para-hydroxylation sites is 1. The van der Waals surface area contributed by atoms with E-state index in [9.17, 15) is 19.1 Å². The first-order valence-corrected chi connectivity index (χ1v) is 11.7. The van der Waals surface area contributed by atoms with Crippen LogP contribution < -0.4 is 16.2 Å². The van der Waals surface area contributed by atoms with Gasteiger partial charge >= 0.3 is 0 Å². The fourth-order valence-corrected chi connectivity index (χ4v) is 4.12. The van der Waals surface area contributed by atoms with Gasteiger partial charge in [-0.3, -0.25) is 9.59 Å². The van der Waals surface area contributed by atoms with Crippen LogP contribution in [-0.2, 0) is 6.54 Å². The molecule has 5 rings (SSSR count).